The molecule has 2 aromatic heterocycles. The van der Waals surface area contributed by atoms with Crippen molar-refractivity contribution in [3.63, 3.8) is 0 Å². The number of thiophene rings is 1. The molecule has 0 aliphatic heterocycles. The Kier molecular flexibility index (Phi) is 5.04. The molecule has 114 valence electrons. The summed E-state index contributed by atoms with van der Waals surface area (Å²) in [6, 6.07) is 3.17. The lowest BCUT2D eigenvalue weighted by Gasteiger charge is -2.04. The molecule has 0 aliphatic carbocycles. The van der Waals surface area contributed by atoms with Crippen molar-refractivity contribution in [2.45, 2.75) is 23.6 Å². The van der Waals surface area contributed by atoms with E-state index in [0.717, 1.165) is 16.2 Å². The number of nitrogens with two attached hydrogens (primary N) is 1. The summed E-state index contributed by atoms with van der Waals surface area (Å²) in [4.78, 5) is 12.5. The Morgan fingerprint density at radius 2 is 2.24 bits per heavy atom. The topological polar surface area (TPSA) is 120 Å². The van der Waals surface area contributed by atoms with E-state index in [1.165, 1.54) is 6.07 Å². The number of nitrogens with zero attached hydrogens (tertiary/aromatic N) is 3. The molecule has 1 amide bonds. The third-order valence-corrected chi connectivity index (χ3v) is 5.23. The lowest BCUT2D eigenvalue weighted by atomic mass is 10.3. The van der Waals surface area contributed by atoms with Gasteiger partial charge in [-0.25, -0.2) is 13.6 Å². The zero-order chi connectivity index (χ0) is 15.3. The van der Waals surface area contributed by atoms with E-state index in [0.29, 0.717) is 25.9 Å². The van der Waals surface area contributed by atoms with E-state index in [-0.39, 0.29) is 10.1 Å². The number of nitrogens with one attached hydrogen (secondary N) is 1. The highest BCUT2D eigenvalue weighted by Gasteiger charge is 2.11. The van der Waals surface area contributed by atoms with Crippen molar-refractivity contribution in [1.29, 1.82) is 0 Å². The molecule has 2 rings (SSSR count). The zero-order valence-corrected chi connectivity index (χ0v) is 12.7. The third-order valence-electron chi connectivity index (χ3n) is 2.65. The predicted octanol–water partition coefficient (Wildman–Crippen LogP) is -0.264. The van der Waals surface area contributed by atoms with Gasteiger partial charge in [-0.15, -0.1) is 16.4 Å². The number of carbonyl (C=O) groups excluding carboxylic acids is 1. The van der Waals surface area contributed by atoms with Crippen LogP contribution in [-0.4, -0.2) is 35.9 Å². The van der Waals surface area contributed by atoms with Crippen LogP contribution < -0.4 is 10.5 Å². The van der Waals surface area contributed by atoms with Crippen molar-refractivity contribution in [1.82, 2.24) is 20.3 Å². The molecule has 0 aliphatic rings. The van der Waals surface area contributed by atoms with Gasteiger partial charge in [-0.05, 0) is 18.6 Å². The van der Waals surface area contributed by atoms with Crippen LogP contribution in [0.1, 0.15) is 11.3 Å². The van der Waals surface area contributed by atoms with Crippen LogP contribution in [0.2, 0.25) is 0 Å². The van der Waals surface area contributed by atoms with Gasteiger partial charge in [0.1, 0.15) is 4.21 Å². The minimum atomic E-state index is -3.64. The summed E-state index contributed by atoms with van der Waals surface area (Å²) < 4.78 is 24.0. The molecule has 0 bridgehead atoms. The second kappa shape index (κ2) is 6.78. The average Bonchev–Trinajstić information content (AvgIpc) is 3.07. The number of rotatable bonds is 7. The molecular formula is C11H15N5O3S2. The largest absolute Gasteiger partial charge is 0.356 e. The molecule has 0 saturated carbocycles. The first-order valence-corrected chi connectivity index (χ1v) is 8.54. The summed E-state index contributed by atoms with van der Waals surface area (Å²) in [6.45, 7) is 0.918. The van der Waals surface area contributed by atoms with E-state index in [2.05, 4.69) is 15.6 Å². The number of sulfonamides is 1. The molecule has 0 radical (unpaired) electrons. The number of aromatic nitrogens is 3. The summed E-state index contributed by atoms with van der Waals surface area (Å²) in [5.41, 5.74) is 0. The summed E-state index contributed by atoms with van der Waals surface area (Å²) in [6.07, 6.45) is 4.12. The fourth-order valence-electron chi connectivity index (χ4n) is 1.63. The van der Waals surface area contributed by atoms with Gasteiger partial charge < -0.3 is 5.32 Å². The first-order valence-electron chi connectivity index (χ1n) is 6.17. The van der Waals surface area contributed by atoms with Crippen LogP contribution in [0.25, 0.3) is 0 Å². The Morgan fingerprint density at radius 1 is 1.43 bits per heavy atom. The van der Waals surface area contributed by atoms with Crippen LogP contribution in [-0.2, 0) is 27.8 Å². The Hall–Kier alpha value is -1.78. The Balaban J connectivity index is 1.71. The maximum absolute atomic E-state index is 11.6. The Morgan fingerprint density at radius 3 is 2.86 bits per heavy atom. The van der Waals surface area contributed by atoms with Crippen LogP contribution in [0.4, 0.5) is 0 Å². The van der Waals surface area contributed by atoms with Crippen molar-refractivity contribution >= 4 is 27.3 Å². The van der Waals surface area contributed by atoms with Gasteiger partial charge in [0.2, 0.25) is 15.9 Å². The summed E-state index contributed by atoms with van der Waals surface area (Å²) in [7, 11) is -3.64. The van der Waals surface area contributed by atoms with E-state index in [9.17, 15) is 13.2 Å². The summed E-state index contributed by atoms with van der Waals surface area (Å²) in [5.74, 6) is -0.0891. The molecular weight excluding hydrogens is 314 g/mol. The Labute approximate surface area is 126 Å². The van der Waals surface area contributed by atoms with Gasteiger partial charge in [-0.3, -0.25) is 9.48 Å². The number of carbonyl (C=O) groups is 1. The number of primary sulfonamides is 1. The van der Waals surface area contributed by atoms with Crippen molar-refractivity contribution < 1.29 is 13.2 Å². The molecule has 2 aromatic rings. The van der Waals surface area contributed by atoms with Crippen LogP contribution in [0.15, 0.2) is 28.7 Å². The fraction of sp³-hybridized carbons (Fsp3) is 0.364. The molecule has 0 unspecified atom stereocenters. The van der Waals surface area contributed by atoms with Gasteiger partial charge >= 0.3 is 0 Å². The van der Waals surface area contributed by atoms with Crippen molar-refractivity contribution in [2.24, 2.45) is 5.14 Å². The maximum Gasteiger partial charge on any atom is 0.247 e. The second-order valence-electron chi connectivity index (χ2n) is 4.28. The molecule has 8 nitrogen and oxygen atoms in total. The summed E-state index contributed by atoms with van der Waals surface area (Å²) in [5, 5.41) is 15.2. The van der Waals surface area contributed by atoms with E-state index < -0.39 is 10.0 Å². The maximum atomic E-state index is 11.6. The number of hydrogen-bond acceptors (Lipinski definition) is 6. The molecule has 3 N–H and O–H groups in total. The molecule has 2 heterocycles. The molecule has 0 spiro atoms. The normalized spacial score (nSPS) is 11.5. The minimum Gasteiger partial charge on any atom is -0.356 e. The van der Waals surface area contributed by atoms with E-state index in [4.69, 9.17) is 5.14 Å². The third kappa shape index (κ3) is 4.92. The monoisotopic (exact) mass is 329 g/mol. The van der Waals surface area contributed by atoms with Crippen LogP contribution in [0.3, 0.4) is 0 Å². The van der Waals surface area contributed by atoms with Gasteiger partial charge in [0.05, 0.1) is 12.7 Å². The quantitative estimate of drug-likeness (QED) is 0.725. The summed E-state index contributed by atoms with van der Waals surface area (Å²) >= 11 is 1.12. The first-order chi connectivity index (χ1) is 9.95. The predicted molar refractivity (Wildman–Crippen MR) is 77.0 cm³/mol. The van der Waals surface area contributed by atoms with Crippen molar-refractivity contribution in [3.8, 4) is 0 Å². The lowest BCUT2D eigenvalue weighted by Crippen LogP contribution is -2.26. The van der Waals surface area contributed by atoms with Gasteiger partial charge in [0.15, 0.2) is 0 Å². The van der Waals surface area contributed by atoms with Crippen LogP contribution >= 0.6 is 11.3 Å². The van der Waals surface area contributed by atoms with Gasteiger partial charge in [-0.2, -0.15) is 0 Å². The van der Waals surface area contributed by atoms with Crippen molar-refractivity contribution in [3.05, 3.63) is 29.4 Å². The van der Waals surface area contributed by atoms with Crippen molar-refractivity contribution in [2.75, 3.05) is 6.54 Å². The molecule has 0 atom stereocenters. The Bertz CT molecular complexity index is 693. The van der Waals surface area contributed by atoms with Gasteiger partial charge in [0, 0.05) is 24.0 Å². The minimum absolute atomic E-state index is 0.0891. The molecule has 21 heavy (non-hydrogen) atoms. The zero-order valence-electron chi connectivity index (χ0n) is 11.1. The van der Waals surface area contributed by atoms with E-state index in [1.54, 1.807) is 23.1 Å². The highest BCUT2D eigenvalue weighted by molar-refractivity contribution is 7.91. The lowest BCUT2D eigenvalue weighted by molar-refractivity contribution is -0.121. The average molecular weight is 329 g/mol. The smallest absolute Gasteiger partial charge is 0.247 e. The van der Waals surface area contributed by atoms with E-state index >= 15 is 0 Å². The number of aryl methyl sites for hydroxylation is 1. The second-order valence-corrected chi connectivity index (χ2v) is 7.24. The van der Waals surface area contributed by atoms with Gasteiger partial charge in [-0.1, -0.05) is 5.21 Å². The van der Waals surface area contributed by atoms with Gasteiger partial charge in [0.25, 0.3) is 0 Å². The highest BCUT2D eigenvalue weighted by atomic mass is 32.2. The standard InChI is InChI=1S/C11H15N5O3S2/c12-21(18,19)11-2-1-9(20-11)3-5-13-10(17)4-7-16-8-6-14-15-16/h1-2,6,8H,3-5,7H2,(H,13,17)(H2,12,18,19). The molecule has 0 fully saturated rings. The highest BCUT2D eigenvalue weighted by Crippen LogP contribution is 2.20. The molecule has 0 saturated heterocycles. The van der Waals surface area contributed by atoms with Crippen LogP contribution in [0, 0.1) is 0 Å². The molecule has 10 heteroatoms. The molecule has 0 aromatic carbocycles. The number of amides is 1. The first kappa shape index (κ1) is 15.6. The number of hydrogen-bond donors (Lipinski definition) is 2. The van der Waals surface area contributed by atoms with Crippen LogP contribution in [0.5, 0.6) is 0 Å². The SMILES string of the molecule is NS(=O)(=O)c1ccc(CCNC(=O)CCn2ccnn2)s1. The fourth-order valence-corrected chi connectivity index (χ4v) is 3.41. The van der Waals surface area contributed by atoms with E-state index in [1.807, 2.05) is 0 Å².